The summed E-state index contributed by atoms with van der Waals surface area (Å²) >= 11 is 5.82. The van der Waals surface area contributed by atoms with E-state index in [9.17, 15) is 13.2 Å². The van der Waals surface area contributed by atoms with Crippen molar-refractivity contribution >= 4 is 11.6 Å². The molecular formula is C10H11ClF3NO. The third-order valence-corrected chi connectivity index (χ3v) is 2.38. The molecule has 0 amide bonds. The largest absolute Gasteiger partial charge is 0.573 e. The lowest BCUT2D eigenvalue weighted by Gasteiger charge is -2.14. The summed E-state index contributed by atoms with van der Waals surface area (Å²) in [6.07, 6.45) is -4.13. The minimum Gasteiger partial charge on any atom is -0.406 e. The average molecular weight is 254 g/mol. The van der Waals surface area contributed by atoms with E-state index in [1.165, 1.54) is 12.1 Å². The van der Waals surface area contributed by atoms with Crippen LogP contribution in [0.25, 0.3) is 0 Å². The number of ether oxygens (including phenoxy) is 1. The number of halogens is 4. The lowest BCUT2D eigenvalue weighted by molar-refractivity contribution is -0.274. The molecule has 90 valence electrons. The van der Waals surface area contributed by atoms with Crippen molar-refractivity contribution < 1.29 is 17.9 Å². The number of hydrogen-bond donors (Lipinski definition) is 1. The number of alkyl halides is 3. The highest BCUT2D eigenvalue weighted by Gasteiger charge is 2.31. The maximum atomic E-state index is 12.0. The molecule has 0 radical (unpaired) electrons. The molecule has 16 heavy (non-hydrogen) atoms. The van der Waals surface area contributed by atoms with Crippen LogP contribution >= 0.6 is 11.6 Å². The first-order valence-electron chi connectivity index (χ1n) is 4.64. The van der Waals surface area contributed by atoms with Gasteiger partial charge in [0.25, 0.3) is 0 Å². The molecular weight excluding hydrogens is 243 g/mol. The predicted molar refractivity (Wildman–Crippen MR) is 55.4 cm³/mol. The van der Waals surface area contributed by atoms with E-state index in [1.54, 1.807) is 0 Å². The summed E-state index contributed by atoms with van der Waals surface area (Å²) in [4.78, 5) is 0. The third-order valence-electron chi connectivity index (χ3n) is 2.04. The highest BCUT2D eigenvalue weighted by molar-refractivity contribution is 6.31. The predicted octanol–water partition coefficient (Wildman–Crippen LogP) is 3.65. The zero-order valence-corrected chi connectivity index (χ0v) is 9.27. The number of benzene rings is 1. The summed E-state index contributed by atoms with van der Waals surface area (Å²) in [5.41, 5.74) is 6.16. The lowest BCUT2D eigenvalue weighted by atomic mass is 10.1. The summed E-state index contributed by atoms with van der Waals surface area (Å²) in [7, 11) is 0. The molecule has 1 atom stereocenters. The molecule has 0 heterocycles. The summed E-state index contributed by atoms with van der Waals surface area (Å²) < 4.78 is 39.7. The fraction of sp³-hybridized carbons (Fsp3) is 0.400. The molecule has 6 heteroatoms. The molecule has 0 saturated carbocycles. The smallest absolute Gasteiger partial charge is 0.406 e. The van der Waals surface area contributed by atoms with Crippen molar-refractivity contribution in [3.05, 3.63) is 28.8 Å². The normalized spacial score (nSPS) is 13.6. The molecule has 0 spiro atoms. The second-order valence-electron chi connectivity index (χ2n) is 3.25. The Hall–Kier alpha value is -0.940. The van der Waals surface area contributed by atoms with Crippen molar-refractivity contribution in [2.45, 2.75) is 25.7 Å². The van der Waals surface area contributed by atoms with Gasteiger partial charge in [0.15, 0.2) is 0 Å². The topological polar surface area (TPSA) is 35.2 Å². The fourth-order valence-electron chi connectivity index (χ4n) is 1.22. The van der Waals surface area contributed by atoms with E-state index in [4.69, 9.17) is 17.3 Å². The molecule has 0 aliphatic rings. The van der Waals surface area contributed by atoms with E-state index >= 15 is 0 Å². The van der Waals surface area contributed by atoms with E-state index in [1.807, 2.05) is 6.92 Å². The fourth-order valence-corrected chi connectivity index (χ4v) is 1.48. The average Bonchev–Trinajstić information content (AvgIpc) is 2.18. The molecule has 0 saturated heterocycles. The van der Waals surface area contributed by atoms with Gasteiger partial charge in [0.05, 0.1) is 0 Å². The second-order valence-corrected chi connectivity index (χ2v) is 3.65. The number of nitrogens with two attached hydrogens (primary N) is 1. The van der Waals surface area contributed by atoms with Gasteiger partial charge in [0.1, 0.15) is 5.75 Å². The van der Waals surface area contributed by atoms with Crippen LogP contribution in [0.15, 0.2) is 18.2 Å². The summed E-state index contributed by atoms with van der Waals surface area (Å²) in [6, 6.07) is 3.31. The lowest BCUT2D eigenvalue weighted by Crippen LogP contribution is -2.17. The van der Waals surface area contributed by atoms with E-state index in [0.717, 1.165) is 6.07 Å². The summed E-state index contributed by atoms with van der Waals surface area (Å²) in [5.74, 6) is -0.309. The molecule has 2 nitrogen and oxygen atoms in total. The number of hydrogen-bond acceptors (Lipinski definition) is 2. The standard InChI is InChI=1S/C10H11ClF3NO/c1-2-9(15)7-5-6(3-4-8(7)11)16-10(12,13)14/h3-5,9H,2,15H2,1H3. The quantitative estimate of drug-likeness (QED) is 0.892. The van der Waals surface area contributed by atoms with Gasteiger partial charge >= 0.3 is 6.36 Å². The van der Waals surface area contributed by atoms with Crippen LogP contribution in [-0.2, 0) is 0 Å². The van der Waals surface area contributed by atoms with Gasteiger partial charge in [0.2, 0.25) is 0 Å². The van der Waals surface area contributed by atoms with Crippen LogP contribution in [-0.4, -0.2) is 6.36 Å². The van der Waals surface area contributed by atoms with Crippen molar-refractivity contribution in [2.24, 2.45) is 5.73 Å². The SMILES string of the molecule is CCC(N)c1cc(OC(F)(F)F)ccc1Cl. The van der Waals surface area contributed by atoms with Gasteiger partial charge in [0, 0.05) is 11.1 Å². The minimum absolute atomic E-state index is 0.309. The van der Waals surface area contributed by atoms with Gasteiger partial charge in [-0.1, -0.05) is 18.5 Å². The Morgan fingerprint density at radius 3 is 2.56 bits per heavy atom. The Balaban J connectivity index is 2.98. The zero-order chi connectivity index (χ0) is 12.3. The third kappa shape index (κ3) is 3.57. The monoisotopic (exact) mass is 253 g/mol. The molecule has 1 rings (SSSR count). The Kier molecular flexibility index (Phi) is 4.04. The van der Waals surface area contributed by atoms with Crippen LogP contribution in [0.3, 0.4) is 0 Å². The number of rotatable bonds is 3. The van der Waals surface area contributed by atoms with Crippen LogP contribution in [0.2, 0.25) is 5.02 Å². The molecule has 1 unspecified atom stereocenters. The van der Waals surface area contributed by atoms with Gasteiger partial charge in [-0.25, -0.2) is 0 Å². The molecule has 0 aliphatic carbocycles. The molecule has 1 aromatic carbocycles. The van der Waals surface area contributed by atoms with Gasteiger partial charge in [-0.05, 0) is 30.2 Å². The second kappa shape index (κ2) is 4.93. The molecule has 0 bridgehead atoms. The Bertz CT molecular complexity index is 368. The maximum Gasteiger partial charge on any atom is 0.573 e. The Morgan fingerprint density at radius 2 is 2.06 bits per heavy atom. The first-order chi connectivity index (χ1) is 7.33. The van der Waals surface area contributed by atoms with E-state index in [-0.39, 0.29) is 5.75 Å². The molecule has 2 N–H and O–H groups in total. The van der Waals surface area contributed by atoms with E-state index < -0.39 is 12.4 Å². The molecule has 0 fully saturated rings. The van der Waals surface area contributed by atoms with Crippen molar-refractivity contribution in [3.63, 3.8) is 0 Å². The van der Waals surface area contributed by atoms with Crippen molar-refractivity contribution in [2.75, 3.05) is 0 Å². The van der Waals surface area contributed by atoms with Crippen molar-refractivity contribution in [1.82, 2.24) is 0 Å². The molecule has 0 aliphatic heterocycles. The molecule has 1 aromatic rings. The van der Waals surface area contributed by atoms with Crippen LogP contribution in [0.5, 0.6) is 5.75 Å². The highest BCUT2D eigenvalue weighted by atomic mass is 35.5. The Labute approximate surface area is 96.1 Å². The summed E-state index contributed by atoms with van der Waals surface area (Å²) in [5, 5.41) is 0.337. The van der Waals surface area contributed by atoms with E-state index in [2.05, 4.69) is 4.74 Å². The maximum absolute atomic E-state index is 12.0. The molecule has 0 aromatic heterocycles. The van der Waals surface area contributed by atoms with E-state index in [0.29, 0.717) is 17.0 Å². The van der Waals surface area contributed by atoms with Gasteiger partial charge < -0.3 is 10.5 Å². The van der Waals surface area contributed by atoms with Crippen molar-refractivity contribution in [1.29, 1.82) is 0 Å². The summed E-state index contributed by atoms with van der Waals surface area (Å²) in [6.45, 7) is 1.82. The van der Waals surface area contributed by atoms with Crippen molar-refractivity contribution in [3.8, 4) is 5.75 Å². The van der Waals surface area contributed by atoms with Gasteiger partial charge in [-0.15, -0.1) is 13.2 Å². The first-order valence-corrected chi connectivity index (χ1v) is 5.02. The van der Waals surface area contributed by atoms with Crippen LogP contribution < -0.4 is 10.5 Å². The van der Waals surface area contributed by atoms with Crippen LogP contribution in [0.4, 0.5) is 13.2 Å². The van der Waals surface area contributed by atoms with Gasteiger partial charge in [-0.3, -0.25) is 0 Å². The van der Waals surface area contributed by atoms with Gasteiger partial charge in [-0.2, -0.15) is 0 Å². The minimum atomic E-state index is -4.71. The van der Waals surface area contributed by atoms with Crippen LogP contribution in [0.1, 0.15) is 24.9 Å². The van der Waals surface area contributed by atoms with Crippen LogP contribution in [0, 0.1) is 0 Å². The first kappa shape index (κ1) is 13.1. The zero-order valence-electron chi connectivity index (χ0n) is 8.51. The Morgan fingerprint density at radius 1 is 1.44 bits per heavy atom. The highest BCUT2D eigenvalue weighted by Crippen LogP contribution is 2.30.